The first-order valence-electron chi connectivity index (χ1n) is 8.56. The summed E-state index contributed by atoms with van der Waals surface area (Å²) >= 11 is 0. The Morgan fingerprint density at radius 3 is 2.70 bits per heavy atom. The van der Waals surface area contributed by atoms with E-state index >= 15 is 0 Å². The van der Waals surface area contributed by atoms with Crippen LogP contribution >= 0.6 is 0 Å². The summed E-state index contributed by atoms with van der Waals surface area (Å²) in [5.41, 5.74) is 5.32. The van der Waals surface area contributed by atoms with Gasteiger partial charge in [0.15, 0.2) is 0 Å². The van der Waals surface area contributed by atoms with Gasteiger partial charge in [-0.1, -0.05) is 0 Å². The molecule has 2 heterocycles. The maximum atomic E-state index is 12.5. The van der Waals surface area contributed by atoms with E-state index in [0.717, 1.165) is 0 Å². The van der Waals surface area contributed by atoms with Gasteiger partial charge in [0.05, 0.1) is 19.3 Å². The fourth-order valence-corrected chi connectivity index (χ4v) is 2.88. The number of rotatable bonds is 5. The Hall–Kier alpha value is -3.13. The van der Waals surface area contributed by atoms with Crippen LogP contribution in [0, 0.1) is 0 Å². The van der Waals surface area contributed by atoms with Gasteiger partial charge in [0.1, 0.15) is 17.4 Å². The normalized spacial score (nSPS) is 19.3. The van der Waals surface area contributed by atoms with E-state index in [1.165, 1.54) is 10.6 Å². The van der Waals surface area contributed by atoms with Crippen molar-refractivity contribution in [3.63, 3.8) is 0 Å². The molecule has 2 aromatic rings. The second-order valence-electron chi connectivity index (χ2n) is 6.33. The summed E-state index contributed by atoms with van der Waals surface area (Å²) < 4.78 is 12.8. The molecular weight excluding hydrogens is 350 g/mol. The number of hydrogen-bond acceptors (Lipinski definition) is 5. The lowest BCUT2D eigenvalue weighted by atomic mass is 10.1. The lowest BCUT2D eigenvalue weighted by Gasteiger charge is -2.32. The summed E-state index contributed by atoms with van der Waals surface area (Å²) in [7, 11) is 1.59. The van der Waals surface area contributed by atoms with Gasteiger partial charge in [0, 0.05) is 25.2 Å². The van der Waals surface area contributed by atoms with Gasteiger partial charge in [-0.3, -0.25) is 14.4 Å². The summed E-state index contributed by atoms with van der Waals surface area (Å²) in [6.45, 7) is 0.784. The second kappa shape index (κ2) is 8.05. The van der Waals surface area contributed by atoms with E-state index in [4.69, 9.17) is 15.2 Å². The molecule has 1 aliphatic heterocycles. The number of primary amides is 1. The fraction of sp³-hybridized carbons (Fsp3) is 0.316. The van der Waals surface area contributed by atoms with Gasteiger partial charge in [-0.25, -0.2) is 0 Å². The van der Waals surface area contributed by atoms with Gasteiger partial charge < -0.3 is 25.1 Å². The molecule has 142 valence electrons. The summed E-state index contributed by atoms with van der Waals surface area (Å²) in [6, 6.07) is 9.19. The number of nitrogens with zero attached hydrogens (tertiary/aromatic N) is 1. The standard InChI is InChI=1S/C19H21N3O5/c1-22-9-2-3-14(19(22)25)18(24)21-15-11-26-10-8-16(15)27-13-6-4-12(5-7-13)17(20)23/h2-7,9,15-16H,8,10-11H2,1H3,(H2,20,23)(H,21,24)/t15-,16-/m1/s1. The number of benzene rings is 1. The van der Waals surface area contributed by atoms with Crippen LogP contribution in [0.4, 0.5) is 0 Å². The number of nitrogens with one attached hydrogen (secondary N) is 1. The third-order valence-electron chi connectivity index (χ3n) is 4.40. The molecule has 1 aromatic carbocycles. The topological polar surface area (TPSA) is 113 Å². The molecule has 1 aliphatic rings. The summed E-state index contributed by atoms with van der Waals surface area (Å²) in [5.74, 6) is -0.423. The number of carbonyl (C=O) groups is 2. The van der Waals surface area contributed by atoms with E-state index in [1.807, 2.05) is 0 Å². The highest BCUT2D eigenvalue weighted by Gasteiger charge is 2.30. The molecule has 8 nitrogen and oxygen atoms in total. The molecule has 27 heavy (non-hydrogen) atoms. The highest BCUT2D eigenvalue weighted by atomic mass is 16.5. The van der Waals surface area contributed by atoms with Crippen LogP contribution in [-0.2, 0) is 11.8 Å². The molecule has 1 aromatic heterocycles. The van der Waals surface area contributed by atoms with Crippen molar-refractivity contribution >= 4 is 11.8 Å². The Morgan fingerprint density at radius 1 is 1.26 bits per heavy atom. The van der Waals surface area contributed by atoms with Gasteiger partial charge >= 0.3 is 0 Å². The van der Waals surface area contributed by atoms with Gasteiger partial charge in [0.2, 0.25) is 5.91 Å². The van der Waals surface area contributed by atoms with Gasteiger partial charge in [-0.15, -0.1) is 0 Å². The van der Waals surface area contributed by atoms with E-state index < -0.39 is 17.9 Å². The third kappa shape index (κ3) is 4.35. The number of ether oxygens (including phenoxy) is 2. The van der Waals surface area contributed by atoms with E-state index in [9.17, 15) is 14.4 Å². The smallest absolute Gasteiger partial charge is 0.263 e. The molecule has 0 bridgehead atoms. The van der Waals surface area contributed by atoms with Gasteiger partial charge in [-0.05, 0) is 36.4 Å². The quantitative estimate of drug-likeness (QED) is 0.792. The maximum absolute atomic E-state index is 12.5. The van der Waals surface area contributed by atoms with Crippen LogP contribution in [0.25, 0.3) is 0 Å². The van der Waals surface area contributed by atoms with Crippen LogP contribution in [0.3, 0.4) is 0 Å². The molecule has 2 amide bonds. The van der Waals surface area contributed by atoms with Crippen molar-refractivity contribution in [1.82, 2.24) is 9.88 Å². The van der Waals surface area contributed by atoms with Crippen LogP contribution in [0.1, 0.15) is 27.1 Å². The number of amides is 2. The molecule has 1 saturated heterocycles. The highest BCUT2D eigenvalue weighted by molar-refractivity contribution is 5.94. The van der Waals surface area contributed by atoms with Crippen molar-refractivity contribution in [3.05, 3.63) is 64.1 Å². The predicted molar refractivity (Wildman–Crippen MR) is 97.7 cm³/mol. The number of hydrogen-bond donors (Lipinski definition) is 2. The molecule has 1 fully saturated rings. The first-order valence-corrected chi connectivity index (χ1v) is 8.56. The van der Waals surface area contributed by atoms with Crippen molar-refractivity contribution < 1.29 is 19.1 Å². The van der Waals surface area contributed by atoms with Crippen LogP contribution in [0.5, 0.6) is 5.75 Å². The molecule has 3 rings (SSSR count). The Morgan fingerprint density at radius 2 is 2.00 bits per heavy atom. The van der Waals surface area contributed by atoms with E-state index in [0.29, 0.717) is 24.3 Å². The van der Waals surface area contributed by atoms with Crippen LogP contribution in [-0.4, -0.2) is 41.7 Å². The number of pyridine rings is 1. The average molecular weight is 371 g/mol. The minimum Gasteiger partial charge on any atom is -0.488 e. The van der Waals surface area contributed by atoms with Gasteiger partial charge in [-0.2, -0.15) is 0 Å². The van der Waals surface area contributed by atoms with Crippen LogP contribution in [0.15, 0.2) is 47.4 Å². The van der Waals surface area contributed by atoms with E-state index in [-0.39, 0.29) is 23.8 Å². The van der Waals surface area contributed by atoms with Crippen molar-refractivity contribution in [3.8, 4) is 5.75 Å². The third-order valence-corrected chi connectivity index (χ3v) is 4.40. The molecule has 3 N–H and O–H groups in total. The Bertz CT molecular complexity index is 891. The average Bonchev–Trinajstić information content (AvgIpc) is 2.66. The zero-order chi connectivity index (χ0) is 19.4. The predicted octanol–water partition coefficient (Wildman–Crippen LogP) is 0.450. The van der Waals surface area contributed by atoms with Crippen LogP contribution in [0.2, 0.25) is 0 Å². The minimum absolute atomic E-state index is 0.0649. The molecule has 8 heteroatoms. The first kappa shape index (κ1) is 18.7. The minimum atomic E-state index is -0.512. The SMILES string of the molecule is Cn1cccc(C(=O)N[C@@H]2COCC[C@H]2Oc2ccc(C(N)=O)cc2)c1=O. The van der Waals surface area contributed by atoms with E-state index in [2.05, 4.69) is 5.32 Å². The van der Waals surface area contributed by atoms with Crippen LogP contribution < -0.4 is 21.3 Å². The first-order chi connectivity index (χ1) is 13.0. The fourth-order valence-electron chi connectivity index (χ4n) is 2.88. The highest BCUT2D eigenvalue weighted by Crippen LogP contribution is 2.19. The van der Waals surface area contributed by atoms with Gasteiger partial charge in [0.25, 0.3) is 11.5 Å². The summed E-state index contributed by atoms with van der Waals surface area (Å²) in [6.07, 6.45) is 1.84. The second-order valence-corrected chi connectivity index (χ2v) is 6.33. The Kier molecular flexibility index (Phi) is 5.56. The largest absolute Gasteiger partial charge is 0.488 e. The molecule has 0 radical (unpaired) electrons. The molecule has 0 aliphatic carbocycles. The summed E-state index contributed by atoms with van der Waals surface area (Å²) in [5, 5.41) is 2.83. The monoisotopic (exact) mass is 371 g/mol. The van der Waals surface area contributed by atoms with Crippen molar-refractivity contribution in [2.75, 3.05) is 13.2 Å². The number of aromatic nitrogens is 1. The molecule has 0 saturated carbocycles. The molecule has 0 unspecified atom stereocenters. The number of carbonyl (C=O) groups excluding carboxylic acids is 2. The lowest BCUT2D eigenvalue weighted by Crippen LogP contribution is -2.52. The molecule has 0 spiro atoms. The molecule has 2 atom stereocenters. The lowest BCUT2D eigenvalue weighted by molar-refractivity contribution is -0.00291. The number of nitrogens with two attached hydrogens (primary N) is 1. The molecular formula is C19H21N3O5. The number of aryl methyl sites for hydroxylation is 1. The van der Waals surface area contributed by atoms with Crippen molar-refractivity contribution in [2.24, 2.45) is 12.8 Å². The van der Waals surface area contributed by atoms with Crippen molar-refractivity contribution in [1.29, 1.82) is 0 Å². The summed E-state index contributed by atoms with van der Waals surface area (Å²) in [4.78, 5) is 35.8. The zero-order valence-electron chi connectivity index (χ0n) is 14.9. The maximum Gasteiger partial charge on any atom is 0.263 e. The zero-order valence-corrected chi connectivity index (χ0v) is 14.9. The Labute approximate surface area is 155 Å². The van der Waals surface area contributed by atoms with Crippen molar-refractivity contribution in [2.45, 2.75) is 18.6 Å². The van der Waals surface area contributed by atoms with E-state index in [1.54, 1.807) is 43.6 Å². The Balaban J connectivity index is 1.71.